The summed E-state index contributed by atoms with van der Waals surface area (Å²) in [5.74, 6) is -1.29. The highest BCUT2D eigenvalue weighted by atomic mass is 35.5. The van der Waals surface area contributed by atoms with Crippen molar-refractivity contribution in [3.63, 3.8) is 0 Å². The minimum atomic E-state index is -0.987. The molecular formula is C10H12ClNO3S. The van der Waals surface area contributed by atoms with Gasteiger partial charge in [-0.3, -0.25) is 9.59 Å². The lowest BCUT2D eigenvalue weighted by Gasteiger charge is -2.19. The third-order valence-electron chi connectivity index (χ3n) is 2.09. The van der Waals surface area contributed by atoms with Gasteiger partial charge in [-0.1, -0.05) is 11.6 Å². The molecule has 0 bridgehead atoms. The van der Waals surface area contributed by atoms with Crippen LogP contribution in [0.15, 0.2) is 11.4 Å². The minimum Gasteiger partial charge on any atom is -0.481 e. The van der Waals surface area contributed by atoms with Crippen molar-refractivity contribution in [3.05, 3.63) is 21.3 Å². The van der Waals surface area contributed by atoms with Crippen LogP contribution in [-0.4, -0.2) is 23.5 Å². The molecule has 0 atom stereocenters. The topological polar surface area (TPSA) is 66.4 Å². The maximum absolute atomic E-state index is 11.6. The van der Waals surface area contributed by atoms with E-state index in [-0.39, 0.29) is 12.5 Å². The van der Waals surface area contributed by atoms with Gasteiger partial charge in [-0.15, -0.1) is 11.3 Å². The molecule has 0 saturated heterocycles. The summed E-state index contributed by atoms with van der Waals surface area (Å²) >= 11 is 7.01. The van der Waals surface area contributed by atoms with Crippen LogP contribution < -0.4 is 5.32 Å². The molecule has 0 aromatic carbocycles. The Morgan fingerprint density at radius 1 is 1.56 bits per heavy atom. The number of thiophene rings is 1. The molecule has 1 heterocycles. The van der Waals surface area contributed by atoms with Gasteiger partial charge in [0.05, 0.1) is 10.4 Å². The van der Waals surface area contributed by atoms with Gasteiger partial charge in [0.1, 0.15) is 4.88 Å². The van der Waals surface area contributed by atoms with Crippen molar-refractivity contribution in [2.75, 3.05) is 6.54 Å². The molecule has 16 heavy (non-hydrogen) atoms. The van der Waals surface area contributed by atoms with Crippen molar-refractivity contribution in [2.45, 2.75) is 13.8 Å². The molecule has 0 saturated carbocycles. The van der Waals surface area contributed by atoms with Crippen LogP contribution in [0.25, 0.3) is 0 Å². The Balaban J connectivity index is 2.61. The first-order chi connectivity index (χ1) is 7.34. The summed E-state index contributed by atoms with van der Waals surface area (Å²) in [5, 5.41) is 13.5. The summed E-state index contributed by atoms with van der Waals surface area (Å²) in [6, 6.07) is 1.63. The second-order valence-electron chi connectivity index (χ2n) is 3.97. The molecule has 0 aliphatic carbocycles. The SMILES string of the molecule is CC(C)(CNC(=O)c1sccc1Cl)C(=O)O. The minimum absolute atomic E-state index is 0.0649. The number of carbonyl (C=O) groups excluding carboxylic acids is 1. The Labute approximate surface area is 102 Å². The monoisotopic (exact) mass is 261 g/mol. The van der Waals surface area contributed by atoms with Gasteiger partial charge in [-0.2, -0.15) is 0 Å². The van der Waals surface area contributed by atoms with Crippen LogP contribution in [0.4, 0.5) is 0 Å². The number of nitrogens with one attached hydrogen (secondary N) is 1. The molecule has 2 N–H and O–H groups in total. The average molecular weight is 262 g/mol. The highest BCUT2D eigenvalue weighted by molar-refractivity contribution is 7.12. The molecule has 1 aromatic rings. The normalized spacial score (nSPS) is 11.2. The predicted octanol–water partition coefficient (Wildman–Crippen LogP) is 2.24. The Hall–Kier alpha value is -1.07. The van der Waals surface area contributed by atoms with Crippen LogP contribution in [0.5, 0.6) is 0 Å². The first kappa shape index (κ1) is 13.0. The lowest BCUT2D eigenvalue weighted by molar-refractivity contribution is -0.146. The Kier molecular flexibility index (Phi) is 3.93. The van der Waals surface area contributed by atoms with E-state index in [1.807, 2.05) is 0 Å². The molecule has 88 valence electrons. The molecule has 0 spiro atoms. The third kappa shape index (κ3) is 2.96. The molecule has 0 radical (unpaired) electrons. The van der Waals surface area contributed by atoms with Crippen molar-refractivity contribution in [1.29, 1.82) is 0 Å². The number of halogens is 1. The van der Waals surface area contributed by atoms with E-state index in [9.17, 15) is 9.59 Å². The molecule has 1 amide bonds. The number of aliphatic carboxylic acids is 1. The molecule has 0 unspecified atom stereocenters. The van der Waals surface area contributed by atoms with Crippen LogP contribution in [0.3, 0.4) is 0 Å². The van der Waals surface area contributed by atoms with Crippen molar-refractivity contribution >= 4 is 34.8 Å². The maximum atomic E-state index is 11.6. The van der Waals surface area contributed by atoms with E-state index in [1.54, 1.807) is 25.3 Å². The standard InChI is InChI=1S/C10H12ClNO3S/c1-10(2,9(14)15)5-12-8(13)7-6(11)3-4-16-7/h3-4H,5H2,1-2H3,(H,12,13)(H,14,15). The summed E-state index contributed by atoms with van der Waals surface area (Å²) in [6.45, 7) is 3.16. The molecule has 4 nitrogen and oxygen atoms in total. The van der Waals surface area contributed by atoms with Gasteiger partial charge in [0.25, 0.3) is 5.91 Å². The first-order valence-corrected chi connectivity index (χ1v) is 5.85. The molecule has 6 heteroatoms. The number of hydrogen-bond donors (Lipinski definition) is 2. The summed E-state index contributed by atoms with van der Waals surface area (Å²) in [7, 11) is 0. The van der Waals surface area contributed by atoms with Crippen molar-refractivity contribution in [2.24, 2.45) is 5.41 Å². The highest BCUT2D eigenvalue weighted by Gasteiger charge is 2.28. The Morgan fingerprint density at radius 3 is 2.62 bits per heavy atom. The fraction of sp³-hybridized carbons (Fsp3) is 0.400. The van der Waals surface area contributed by atoms with Gasteiger partial charge in [0.15, 0.2) is 0 Å². The smallest absolute Gasteiger partial charge is 0.310 e. The summed E-state index contributed by atoms with van der Waals surface area (Å²) in [5.41, 5.74) is -0.987. The number of hydrogen-bond acceptors (Lipinski definition) is 3. The zero-order valence-corrected chi connectivity index (χ0v) is 10.5. The van der Waals surface area contributed by atoms with E-state index in [4.69, 9.17) is 16.7 Å². The number of amides is 1. The fourth-order valence-corrected chi connectivity index (χ4v) is 1.97. The van der Waals surface area contributed by atoms with E-state index in [0.717, 1.165) is 0 Å². The van der Waals surface area contributed by atoms with E-state index >= 15 is 0 Å². The number of carbonyl (C=O) groups is 2. The van der Waals surface area contributed by atoms with E-state index in [0.29, 0.717) is 9.90 Å². The second kappa shape index (κ2) is 4.84. The number of carboxylic acids is 1. The lowest BCUT2D eigenvalue weighted by Crippen LogP contribution is -2.38. The molecule has 1 rings (SSSR count). The van der Waals surface area contributed by atoms with Crippen molar-refractivity contribution in [3.8, 4) is 0 Å². The zero-order valence-electron chi connectivity index (χ0n) is 8.91. The van der Waals surface area contributed by atoms with Gasteiger partial charge in [0.2, 0.25) is 0 Å². The summed E-state index contributed by atoms with van der Waals surface area (Å²) in [6.07, 6.45) is 0. The van der Waals surface area contributed by atoms with Crippen LogP contribution in [0.2, 0.25) is 5.02 Å². The molecule has 0 aliphatic rings. The highest BCUT2D eigenvalue weighted by Crippen LogP contribution is 2.22. The maximum Gasteiger partial charge on any atom is 0.310 e. The predicted molar refractivity (Wildman–Crippen MR) is 63.1 cm³/mol. The number of carboxylic acid groups (broad SMARTS) is 1. The average Bonchev–Trinajstić information content (AvgIpc) is 2.61. The molecular weight excluding hydrogens is 250 g/mol. The van der Waals surface area contributed by atoms with E-state index in [1.165, 1.54) is 11.3 Å². The Morgan fingerprint density at radius 2 is 2.19 bits per heavy atom. The zero-order chi connectivity index (χ0) is 12.3. The van der Waals surface area contributed by atoms with Gasteiger partial charge in [-0.05, 0) is 25.3 Å². The van der Waals surface area contributed by atoms with Gasteiger partial charge < -0.3 is 10.4 Å². The molecule has 1 aromatic heterocycles. The van der Waals surface area contributed by atoms with Crippen molar-refractivity contribution in [1.82, 2.24) is 5.32 Å². The quantitative estimate of drug-likeness (QED) is 0.874. The second-order valence-corrected chi connectivity index (χ2v) is 5.29. The van der Waals surface area contributed by atoms with Gasteiger partial charge >= 0.3 is 5.97 Å². The summed E-state index contributed by atoms with van der Waals surface area (Å²) in [4.78, 5) is 22.8. The number of rotatable bonds is 4. The Bertz CT molecular complexity index is 414. The van der Waals surface area contributed by atoms with Gasteiger partial charge in [-0.25, -0.2) is 0 Å². The van der Waals surface area contributed by atoms with Crippen LogP contribution in [0, 0.1) is 5.41 Å². The van der Waals surface area contributed by atoms with Gasteiger partial charge in [0, 0.05) is 6.54 Å². The molecule has 0 aliphatic heterocycles. The third-order valence-corrected chi connectivity index (χ3v) is 3.43. The van der Waals surface area contributed by atoms with Crippen molar-refractivity contribution < 1.29 is 14.7 Å². The van der Waals surface area contributed by atoms with Crippen LogP contribution >= 0.6 is 22.9 Å². The fourth-order valence-electron chi connectivity index (χ4n) is 0.913. The van der Waals surface area contributed by atoms with Crippen LogP contribution in [-0.2, 0) is 4.79 Å². The van der Waals surface area contributed by atoms with E-state index < -0.39 is 11.4 Å². The van der Waals surface area contributed by atoms with Crippen LogP contribution in [0.1, 0.15) is 23.5 Å². The largest absolute Gasteiger partial charge is 0.481 e. The van der Waals surface area contributed by atoms with E-state index in [2.05, 4.69) is 5.32 Å². The lowest BCUT2D eigenvalue weighted by atomic mass is 9.94. The molecule has 0 fully saturated rings. The first-order valence-electron chi connectivity index (χ1n) is 4.59. The summed E-state index contributed by atoms with van der Waals surface area (Å²) < 4.78 is 0.